The summed E-state index contributed by atoms with van der Waals surface area (Å²) in [6.07, 6.45) is 3.39. The summed E-state index contributed by atoms with van der Waals surface area (Å²) in [5.74, 6) is 0. The molecule has 0 aromatic carbocycles. The van der Waals surface area contributed by atoms with Crippen molar-refractivity contribution in [3.63, 3.8) is 0 Å². The van der Waals surface area contributed by atoms with Crippen molar-refractivity contribution in [2.45, 2.75) is 26.7 Å². The zero-order valence-corrected chi connectivity index (χ0v) is 6.85. The molecule has 0 fully saturated rings. The number of hydrogen-bond acceptors (Lipinski definition) is 1. The van der Waals surface area contributed by atoms with Gasteiger partial charge in [-0.05, 0) is 0 Å². The summed E-state index contributed by atoms with van der Waals surface area (Å²) in [6, 6.07) is 0. The van der Waals surface area contributed by atoms with Crippen molar-refractivity contribution in [3.05, 3.63) is 0 Å². The number of hydrogen-bond donors (Lipinski definition) is 0. The summed E-state index contributed by atoms with van der Waals surface area (Å²) in [5, 5.41) is 0. The molecule has 0 aromatic heterocycles. The van der Waals surface area contributed by atoms with Gasteiger partial charge >= 0.3 is 0 Å². The molecule has 1 amide bonds. The third-order valence-corrected chi connectivity index (χ3v) is 0.711. The van der Waals surface area contributed by atoms with Gasteiger partial charge < -0.3 is 4.90 Å². The summed E-state index contributed by atoms with van der Waals surface area (Å²) < 4.78 is 0. The number of carbonyl (C=O) groups is 1. The van der Waals surface area contributed by atoms with E-state index >= 15 is 0 Å². The topological polar surface area (TPSA) is 20.3 Å². The molecule has 2 heteroatoms. The van der Waals surface area contributed by atoms with Crippen LogP contribution in [0.15, 0.2) is 0 Å². The summed E-state index contributed by atoms with van der Waals surface area (Å²) in [6.45, 7) is 4.36. The van der Waals surface area contributed by atoms with Crippen molar-refractivity contribution < 1.29 is 4.79 Å². The van der Waals surface area contributed by atoms with E-state index in [9.17, 15) is 4.79 Å². The Bertz CT molecular complexity index is 50.9. The van der Waals surface area contributed by atoms with Crippen LogP contribution in [0.25, 0.3) is 0 Å². The van der Waals surface area contributed by atoms with Crippen LogP contribution in [0, 0.1) is 0 Å². The van der Waals surface area contributed by atoms with Crippen molar-refractivity contribution in [1.82, 2.24) is 4.90 Å². The molecule has 0 unspecified atom stereocenters. The van der Waals surface area contributed by atoms with Crippen LogP contribution in [-0.2, 0) is 4.79 Å². The summed E-state index contributed by atoms with van der Waals surface area (Å²) in [7, 11) is 3.38. The molecule has 9 heavy (non-hydrogen) atoms. The summed E-state index contributed by atoms with van der Waals surface area (Å²) >= 11 is 0. The number of rotatable bonds is 2. The maximum absolute atomic E-state index is 9.43. The fourth-order valence-electron chi connectivity index (χ4n) is 0. The second kappa shape index (κ2) is 10.5. The van der Waals surface area contributed by atoms with E-state index < -0.39 is 0 Å². The standard InChI is InChI=1S/C4H10.C3H7NO/c1-3-4-2;1-4(2)3-5/h3-4H2,1-2H3;3H,1-2H3. The molecule has 0 atom stereocenters. The van der Waals surface area contributed by atoms with E-state index in [-0.39, 0.29) is 0 Å². The van der Waals surface area contributed by atoms with Crippen molar-refractivity contribution in [2.24, 2.45) is 0 Å². The summed E-state index contributed by atoms with van der Waals surface area (Å²) in [5.41, 5.74) is 0. The fourth-order valence-corrected chi connectivity index (χ4v) is 0. The molecule has 56 valence electrons. The van der Waals surface area contributed by atoms with Crippen LogP contribution in [0.2, 0.25) is 0 Å². The number of amides is 1. The lowest BCUT2D eigenvalue weighted by atomic mass is 10.4. The molecule has 0 aromatic rings. The molecule has 0 N–H and O–H groups in total. The maximum atomic E-state index is 9.43. The van der Waals surface area contributed by atoms with Gasteiger partial charge in [-0.15, -0.1) is 0 Å². The highest BCUT2D eigenvalue weighted by molar-refractivity contribution is 5.45. The van der Waals surface area contributed by atoms with Crippen LogP contribution < -0.4 is 0 Å². The first kappa shape index (κ1) is 11.3. The average molecular weight is 131 g/mol. The minimum absolute atomic E-state index is 0.750. The van der Waals surface area contributed by atoms with Gasteiger partial charge in [0.25, 0.3) is 0 Å². The first-order chi connectivity index (χ1) is 4.18. The second-order valence-electron chi connectivity index (χ2n) is 2.07. The Morgan fingerprint density at radius 3 is 1.44 bits per heavy atom. The predicted molar refractivity (Wildman–Crippen MR) is 40.3 cm³/mol. The number of unbranched alkanes of at least 4 members (excludes halogenated alkanes) is 1. The Morgan fingerprint density at radius 2 is 1.44 bits per heavy atom. The van der Waals surface area contributed by atoms with Crippen LogP contribution in [-0.4, -0.2) is 25.4 Å². The molecule has 2 nitrogen and oxygen atoms in total. The first-order valence-electron chi connectivity index (χ1n) is 3.30. The third kappa shape index (κ3) is 36.6. The smallest absolute Gasteiger partial charge is 0.209 e. The zero-order chi connectivity index (χ0) is 7.70. The van der Waals surface area contributed by atoms with Gasteiger partial charge in [-0.3, -0.25) is 4.79 Å². The third-order valence-electron chi connectivity index (χ3n) is 0.711. The van der Waals surface area contributed by atoms with Gasteiger partial charge in [-0.25, -0.2) is 0 Å². The van der Waals surface area contributed by atoms with Gasteiger partial charge in [0.1, 0.15) is 0 Å². The lowest BCUT2D eigenvalue weighted by Crippen LogP contribution is -2.06. The molecule has 0 aliphatic heterocycles. The van der Waals surface area contributed by atoms with Gasteiger partial charge in [0, 0.05) is 14.1 Å². The molecule has 0 aliphatic carbocycles. The van der Waals surface area contributed by atoms with Crippen molar-refractivity contribution in [1.29, 1.82) is 0 Å². The number of carbonyl (C=O) groups excluding carboxylic acids is 1. The Hall–Kier alpha value is -0.530. The van der Waals surface area contributed by atoms with E-state index in [4.69, 9.17) is 0 Å². The van der Waals surface area contributed by atoms with Crippen LogP contribution in [0.3, 0.4) is 0 Å². The van der Waals surface area contributed by atoms with Crippen molar-refractivity contribution >= 4 is 6.41 Å². The van der Waals surface area contributed by atoms with Crippen molar-refractivity contribution in [2.75, 3.05) is 14.1 Å². The molecule has 0 saturated carbocycles. The van der Waals surface area contributed by atoms with Gasteiger partial charge in [-0.1, -0.05) is 26.7 Å². The van der Waals surface area contributed by atoms with E-state index in [2.05, 4.69) is 13.8 Å². The van der Waals surface area contributed by atoms with Gasteiger partial charge in [0.15, 0.2) is 0 Å². The molecule has 0 radical (unpaired) electrons. The van der Waals surface area contributed by atoms with E-state index in [1.165, 1.54) is 17.7 Å². The molecule has 0 rings (SSSR count). The van der Waals surface area contributed by atoms with Crippen LogP contribution >= 0.6 is 0 Å². The van der Waals surface area contributed by atoms with E-state index in [0.717, 1.165) is 6.41 Å². The van der Waals surface area contributed by atoms with Gasteiger partial charge in [-0.2, -0.15) is 0 Å². The highest BCUT2D eigenvalue weighted by Gasteiger charge is 1.68. The molecule has 0 heterocycles. The highest BCUT2D eigenvalue weighted by Crippen LogP contribution is 1.76. The molecular formula is C7H17NO. The van der Waals surface area contributed by atoms with Gasteiger partial charge in [0.2, 0.25) is 6.41 Å². The Morgan fingerprint density at radius 1 is 1.22 bits per heavy atom. The largest absolute Gasteiger partial charge is 0.351 e. The fraction of sp³-hybridized carbons (Fsp3) is 0.857. The van der Waals surface area contributed by atoms with E-state index in [0.29, 0.717) is 0 Å². The van der Waals surface area contributed by atoms with Crippen LogP contribution in [0.4, 0.5) is 0 Å². The maximum Gasteiger partial charge on any atom is 0.209 e. The average Bonchev–Trinajstić information content (AvgIpc) is 1.89. The minimum Gasteiger partial charge on any atom is -0.351 e. The zero-order valence-electron chi connectivity index (χ0n) is 6.85. The Labute approximate surface area is 57.9 Å². The second-order valence-corrected chi connectivity index (χ2v) is 2.07. The monoisotopic (exact) mass is 131 g/mol. The van der Waals surface area contributed by atoms with E-state index in [1.54, 1.807) is 14.1 Å². The summed E-state index contributed by atoms with van der Waals surface area (Å²) in [4.78, 5) is 10.9. The lowest BCUT2D eigenvalue weighted by molar-refractivity contribution is -0.115. The molecule has 0 saturated heterocycles. The quantitative estimate of drug-likeness (QED) is 0.520. The molecule has 0 spiro atoms. The Balaban J connectivity index is 0. The van der Waals surface area contributed by atoms with E-state index in [1.807, 2.05) is 0 Å². The van der Waals surface area contributed by atoms with Crippen LogP contribution in [0.1, 0.15) is 26.7 Å². The molecule has 0 bridgehead atoms. The minimum atomic E-state index is 0.750. The molecule has 0 aliphatic rings. The van der Waals surface area contributed by atoms with Crippen molar-refractivity contribution in [3.8, 4) is 0 Å². The SMILES string of the molecule is CCCC.CN(C)C=O. The normalized spacial score (nSPS) is 7.11. The first-order valence-corrected chi connectivity index (χ1v) is 3.30. The number of nitrogens with zero attached hydrogens (tertiary/aromatic N) is 1. The Kier molecular flexibility index (Phi) is 13.1. The van der Waals surface area contributed by atoms with Gasteiger partial charge in [0.05, 0.1) is 0 Å². The highest BCUT2D eigenvalue weighted by atomic mass is 16.1. The molecular weight excluding hydrogens is 114 g/mol. The lowest BCUT2D eigenvalue weighted by Gasteiger charge is -1.93. The van der Waals surface area contributed by atoms with Crippen LogP contribution in [0.5, 0.6) is 0 Å². The predicted octanol–water partition coefficient (Wildman–Crippen LogP) is 1.51.